The number of hydrogen-bond acceptors (Lipinski definition) is 7. The van der Waals surface area contributed by atoms with Gasteiger partial charge in [0.2, 0.25) is 0 Å². The summed E-state index contributed by atoms with van der Waals surface area (Å²) in [6.45, 7) is 4.08. The molecule has 12 heteroatoms. The third-order valence-electron chi connectivity index (χ3n) is 7.08. The maximum Gasteiger partial charge on any atom is 0.167 e. The smallest absolute Gasteiger partial charge is 0.167 e. The average Bonchev–Trinajstić information content (AvgIpc) is 3.71. The lowest BCUT2D eigenvalue weighted by atomic mass is 10.2. The van der Waals surface area contributed by atoms with Gasteiger partial charge in [-0.1, -0.05) is 0 Å². The summed E-state index contributed by atoms with van der Waals surface area (Å²) < 4.78 is 34.2. The number of anilines is 1. The van der Waals surface area contributed by atoms with Gasteiger partial charge < -0.3 is 9.64 Å². The second-order valence-corrected chi connectivity index (χ2v) is 13.8. The summed E-state index contributed by atoms with van der Waals surface area (Å²) in [5.41, 5.74) is 4.41. The first-order valence-corrected chi connectivity index (χ1v) is 17.2. The van der Waals surface area contributed by atoms with E-state index in [4.69, 9.17) is 14.8 Å². The van der Waals surface area contributed by atoms with Crippen molar-refractivity contribution in [3.05, 3.63) is 29.7 Å². The molecule has 2 atom stereocenters. The number of ether oxygens (including phenoxy) is 1. The second kappa shape index (κ2) is 7.86. The highest BCUT2D eigenvalue weighted by Crippen LogP contribution is 2.53. The second-order valence-electron chi connectivity index (χ2n) is 9.40. The predicted molar refractivity (Wildman–Crippen MR) is 137 cm³/mol. The number of halogens is 1. The number of sulfone groups is 1. The van der Waals surface area contributed by atoms with Crippen LogP contribution in [0.2, 0.25) is 0 Å². The highest BCUT2D eigenvalue weighted by Gasteiger charge is 2.56. The van der Waals surface area contributed by atoms with Crippen LogP contribution in [0.3, 0.4) is 0 Å². The van der Waals surface area contributed by atoms with Crippen LogP contribution >= 0.6 is 28.4 Å². The van der Waals surface area contributed by atoms with Gasteiger partial charge in [0.05, 0.1) is 54.5 Å². The minimum absolute atomic E-state index is 0.157. The lowest BCUT2D eigenvalue weighted by molar-refractivity contribution is 0.0985. The maximum atomic E-state index is 12.9. The van der Waals surface area contributed by atoms with Gasteiger partial charge >= 0.3 is 0 Å². The van der Waals surface area contributed by atoms with Gasteiger partial charge in [-0.05, 0) is 60.7 Å². The number of fused-ring (bicyclic) bond motifs is 1. The molecule has 2 aliphatic carbocycles. The van der Waals surface area contributed by atoms with E-state index in [-0.39, 0.29) is 6.04 Å². The number of rotatable bonds is 6. The molecule has 1 saturated heterocycles. The first-order valence-electron chi connectivity index (χ1n) is 11.2. The first-order chi connectivity index (χ1) is 15.8. The van der Waals surface area contributed by atoms with E-state index in [0.29, 0.717) is 49.7 Å². The van der Waals surface area contributed by atoms with Gasteiger partial charge in [-0.2, -0.15) is 10.2 Å². The zero-order valence-corrected chi connectivity index (χ0v) is 22.5. The van der Waals surface area contributed by atoms with Gasteiger partial charge in [0.1, 0.15) is 10.6 Å². The van der Waals surface area contributed by atoms with Crippen molar-refractivity contribution >= 4 is 49.7 Å². The van der Waals surface area contributed by atoms with Crippen LogP contribution in [-0.4, -0.2) is 64.6 Å². The first kappa shape index (κ1) is 22.2. The number of hydrogen-bond donors (Lipinski definition) is 0. The Labute approximate surface area is 207 Å². The van der Waals surface area contributed by atoms with E-state index >= 15 is 0 Å². The van der Waals surface area contributed by atoms with Crippen LogP contribution in [0.4, 0.5) is 5.82 Å². The van der Waals surface area contributed by atoms with E-state index in [1.54, 1.807) is 4.52 Å². The average molecular weight is 600 g/mol. The predicted octanol–water partition coefficient (Wildman–Crippen LogP) is 3.52. The van der Waals surface area contributed by atoms with Gasteiger partial charge in [-0.25, -0.2) is 22.4 Å². The summed E-state index contributed by atoms with van der Waals surface area (Å²) in [6.07, 6.45) is 7.20. The normalized spacial score (nSPS) is 23.1. The topological polar surface area (TPSA) is 94.6 Å². The largest absolute Gasteiger partial charge is 0.377 e. The van der Waals surface area contributed by atoms with Crippen molar-refractivity contribution in [1.29, 1.82) is 0 Å². The van der Waals surface area contributed by atoms with Crippen LogP contribution in [0, 0.1) is 0 Å². The van der Waals surface area contributed by atoms with Gasteiger partial charge in [0.15, 0.2) is 15.5 Å². The van der Waals surface area contributed by atoms with Crippen molar-refractivity contribution in [3.63, 3.8) is 0 Å². The molecular weight excluding hydrogens is 574 g/mol. The summed E-state index contributed by atoms with van der Waals surface area (Å²) in [5.74, 6) is 1.34. The molecule has 3 fully saturated rings. The van der Waals surface area contributed by atoms with E-state index in [2.05, 4.69) is 45.0 Å². The lowest BCUT2D eigenvalue weighted by Crippen LogP contribution is -2.44. The van der Waals surface area contributed by atoms with Crippen LogP contribution in [0.25, 0.3) is 16.9 Å². The molecule has 0 spiro atoms. The monoisotopic (exact) mass is 600 g/mol. The van der Waals surface area contributed by atoms with Crippen LogP contribution < -0.4 is 4.90 Å². The van der Waals surface area contributed by atoms with Gasteiger partial charge in [0, 0.05) is 24.8 Å². The molecule has 0 radical (unpaired) electrons. The molecule has 6 rings (SSSR count). The van der Waals surface area contributed by atoms with Crippen molar-refractivity contribution in [2.45, 2.75) is 49.3 Å². The van der Waals surface area contributed by atoms with Gasteiger partial charge in [-0.15, -0.1) is 0 Å². The number of aromatic nitrogens is 5. The Kier molecular flexibility index (Phi) is 5.28. The molecule has 9 nitrogen and oxygen atoms in total. The third kappa shape index (κ3) is 3.61. The van der Waals surface area contributed by atoms with E-state index in [0.717, 1.165) is 29.3 Å². The minimum atomic E-state index is -3.31. The zero-order valence-electron chi connectivity index (χ0n) is 18.5. The molecule has 2 saturated carbocycles. The standard InChI is InChI=1S/C21H26IN6O3PS/c1-13-12-31-8-7-26(13)19-10-18(21(5-6-21)33(2,29)30)27-20(24-19)15(11-23-27)17-9-16(14-3-4-14)25-28(17)32-22/h9-11,13-14,32H,3-8,12H2,1-2H3/t13-/m1/s1. The van der Waals surface area contributed by atoms with Crippen molar-refractivity contribution in [1.82, 2.24) is 24.1 Å². The van der Waals surface area contributed by atoms with E-state index in [1.165, 1.54) is 19.1 Å². The third-order valence-corrected chi connectivity index (χ3v) is 11.0. The molecule has 1 aliphatic heterocycles. The molecule has 176 valence electrons. The summed E-state index contributed by atoms with van der Waals surface area (Å²) >= 11 is 2.35. The van der Waals surface area contributed by atoms with Crippen LogP contribution in [0.5, 0.6) is 0 Å². The molecular formula is C21H26IN6O3PS. The Morgan fingerprint density at radius 1 is 1.27 bits per heavy atom. The summed E-state index contributed by atoms with van der Waals surface area (Å²) in [4.78, 5) is 7.27. The summed E-state index contributed by atoms with van der Waals surface area (Å²) in [5, 5.41) is 9.51. The molecule has 0 N–H and O–H groups in total. The fraction of sp³-hybridized carbons (Fsp3) is 0.571. The molecule has 4 heterocycles. The van der Waals surface area contributed by atoms with Gasteiger partial charge in [0.25, 0.3) is 0 Å². The molecule has 3 aromatic heterocycles. The summed E-state index contributed by atoms with van der Waals surface area (Å²) in [7, 11) is -3.31. The maximum absolute atomic E-state index is 12.9. The molecule has 33 heavy (non-hydrogen) atoms. The molecule has 1 unspecified atom stereocenters. The Bertz CT molecular complexity index is 1350. The minimum Gasteiger partial charge on any atom is -0.377 e. The Balaban J connectivity index is 1.58. The van der Waals surface area contributed by atoms with Crippen LogP contribution in [-0.2, 0) is 19.3 Å². The Morgan fingerprint density at radius 2 is 2.06 bits per heavy atom. The highest BCUT2D eigenvalue weighted by atomic mass is 127. The molecule has 0 bridgehead atoms. The zero-order chi connectivity index (χ0) is 23.0. The quantitative estimate of drug-likeness (QED) is 0.316. The van der Waals surface area contributed by atoms with Crippen molar-refractivity contribution in [2.24, 2.45) is 0 Å². The molecule has 3 aromatic rings. The van der Waals surface area contributed by atoms with Crippen molar-refractivity contribution in [3.8, 4) is 11.3 Å². The van der Waals surface area contributed by atoms with Crippen molar-refractivity contribution in [2.75, 3.05) is 30.9 Å². The molecule has 0 aromatic carbocycles. The number of nitrogens with zero attached hydrogens (tertiary/aromatic N) is 6. The fourth-order valence-electron chi connectivity index (χ4n) is 4.83. The SMILES string of the molecule is C[C@@H]1COCCN1c1cc(C2(S(C)(=O)=O)CC2)n2ncc(-c3cc(C4CC4)nn3PI)c2n1. The van der Waals surface area contributed by atoms with E-state index in [9.17, 15) is 8.42 Å². The lowest BCUT2D eigenvalue weighted by Gasteiger charge is -2.34. The van der Waals surface area contributed by atoms with Crippen LogP contribution in [0.1, 0.15) is 49.9 Å². The Hall–Kier alpha value is -1.30. The van der Waals surface area contributed by atoms with Crippen molar-refractivity contribution < 1.29 is 13.2 Å². The molecule has 3 aliphatic rings. The number of morpholine rings is 1. The van der Waals surface area contributed by atoms with E-state index < -0.39 is 14.6 Å². The van der Waals surface area contributed by atoms with Crippen LogP contribution in [0.15, 0.2) is 18.3 Å². The molecule has 0 amide bonds. The fourth-order valence-corrected chi connectivity index (χ4v) is 7.74. The summed E-state index contributed by atoms with van der Waals surface area (Å²) in [6, 6.07) is 4.26. The Morgan fingerprint density at radius 3 is 2.70 bits per heavy atom. The van der Waals surface area contributed by atoms with Gasteiger partial charge in [-0.3, -0.25) is 0 Å². The van der Waals surface area contributed by atoms with E-state index in [1.807, 2.05) is 16.7 Å². The highest BCUT2D eigenvalue weighted by molar-refractivity contribution is 14.2.